The lowest BCUT2D eigenvalue weighted by Gasteiger charge is -2.15. The van der Waals surface area contributed by atoms with Gasteiger partial charge in [-0.05, 0) is 18.6 Å². The number of thioether (sulfide) groups is 1. The molecule has 0 bridgehead atoms. The topological polar surface area (TPSA) is 73.2 Å². The SMILES string of the molecule is COc1ccccc1-n1c(-c2ccccc2)cnc1SCCCNS(C)(=O)=O. The number of aromatic nitrogens is 2. The number of sulfonamides is 1. The standard InChI is InChI=1S/C20H23N3O3S2/c1-26-19-12-7-6-11-17(19)23-18(16-9-4-3-5-10-16)15-21-20(23)27-14-8-13-22-28(2,24)25/h3-7,9-12,15,22H,8,13-14H2,1-2H3. The minimum atomic E-state index is -3.16. The van der Waals surface area contributed by atoms with Crippen LogP contribution < -0.4 is 9.46 Å². The summed E-state index contributed by atoms with van der Waals surface area (Å²) in [4.78, 5) is 4.62. The average molecular weight is 418 g/mol. The summed E-state index contributed by atoms with van der Waals surface area (Å²) in [5.74, 6) is 1.50. The zero-order valence-electron chi connectivity index (χ0n) is 15.8. The van der Waals surface area contributed by atoms with Crippen LogP contribution in [0.15, 0.2) is 66.0 Å². The zero-order valence-corrected chi connectivity index (χ0v) is 17.5. The Morgan fingerprint density at radius 3 is 2.54 bits per heavy atom. The summed E-state index contributed by atoms with van der Waals surface area (Å²) in [6.45, 7) is 0.409. The van der Waals surface area contributed by atoms with E-state index >= 15 is 0 Å². The van der Waals surface area contributed by atoms with E-state index in [9.17, 15) is 8.42 Å². The van der Waals surface area contributed by atoms with Crippen molar-refractivity contribution in [2.45, 2.75) is 11.6 Å². The molecular weight excluding hydrogens is 394 g/mol. The van der Waals surface area contributed by atoms with E-state index in [-0.39, 0.29) is 0 Å². The van der Waals surface area contributed by atoms with Gasteiger partial charge in [-0.2, -0.15) is 0 Å². The molecule has 1 aromatic heterocycles. The molecule has 1 heterocycles. The number of hydrogen-bond donors (Lipinski definition) is 1. The van der Waals surface area contributed by atoms with Crippen molar-refractivity contribution >= 4 is 21.8 Å². The van der Waals surface area contributed by atoms with Crippen molar-refractivity contribution in [3.05, 3.63) is 60.8 Å². The van der Waals surface area contributed by atoms with E-state index in [1.807, 2.05) is 60.8 Å². The number of methoxy groups -OCH3 is 1. The van der Waals surface area contributed by atoms with E-state index in [0.29, 0.717) is 13.0 Å². The van der Waals surface area contributed by atoms with E-state index in [2.05, 4.69) is 14.3 Å². The molecule has 8 heteroatoms. The first-order valence-electron chi connectivity index (χ1n) is 8.83. The highest BCUT2D eigenvalue weighted by Gasteiger charge is 2.16. The molecule has 0 unspecified atom stereocenters. The molecule has 148 valence electrons. The predicted molar refractivity (Wildman–Crippen MR) is 114 cm³/mol. The second-order valence-corrected chi connectivity index (χ2v) is 9.06. The lowest BCUT2D eigenvalue weighted by Crippen LogP contribution is -2.23. The maximum absolute atomic E-state index is 11.2. The van der Waals surface area contributed by atoms with E-state index in [4.69, 9.17) is 4.74 Å². The molecule has 1 N–H and O–H groups in total. The number of ether oxygens (including phenoxy) is 1. The Balaban J connectivity index is 1.89. The molecule has 0 aliphatic rings. The van der Waals surface area contributed by atoms with E-state index in [1.54, 1.807) is 18.9 Å². The Kier molecular flexibility index (Phi) is 6.77. The van der Waals surface area contributed by atoms with Gasteiger partial charge in [0, 0.05) is 17.9 Å². The monoisotopic (exact) mass is 417 g/mol. The Morgan fingerprint density at radius 2 is 1.82 bits per heavy atom. The van der Waals surface area contributed by atoms with Gasteiger partial charge in [0.1, 0.15) is 5.75 Å². The highest BCUT2D eigenvalue weighted by molar-refractivity contribution is 7.99. The first-order chi connectivity index (χ1) is 13.5. The number of hydrogen-bond acceptors (Lipinski definition) is 5. The Bertz CT molecular complexity index is 1020. The van der Waals surface area contributed by atoms with Crippen LogP contribution in [0, 0.1) is 0 Å². The van der Waals surface area contributed by atoms with E-state index in [1.165, 1.54) is 6.26 Å². The average Bonchev–Trinajstić information content (AvgIpc) is 3.11. The number of imidazole rings is 1. The third-order valence-corrected chi connectivity index (χ3v) is 5.81. The van der Waals surface area contributed by atoms with Gasteiger partial charge in [-0.15, -0.1) is 0 Å². The molecule has 0 atom stereocenters. The predicted octanol–water partition coefficient (Wildman–Crippen LogP) is 3.58. The molecule has 2 aromatic carbocycles. The molecule has 0 fully saturated rings. The van der Waals surface area contributed by atoms with Crippen LogP contribution in [0.3, 0.4) is 0 Å². The van der Waals surface area contributed by atoms with Gasteiger partial charge in [0.25, 0.3) is 0 Å². The number of para-hydroxylation sites is 2. The van der Waals surface area contributed by atoms with Crippen LogP contribution in [-0.4, -0.2) is 43.6 Å². The summed E-state index contributed by atoms with van der Waals surface area (Å²) in [6, 6.07) is 17.9. The highest BCUT2D eigenvalue weighted by atomic mass is 32.2. The van der Waals surface area contributed by atoms with Crippen molar-refractivity contribution in [2.24, 2.45) is 0 Å². The van der Waals surface area contributed by atoms with Gasteiger partial charge >= 0.3 is 0 Å². The van der Waals surface area contributed by atoms with Crippen LogP contribution in [0.1, 0.15) is 6.42 Å². The summed E-state index contributed by atoms with van der Waals surface area (Å²) in [6.07, 6.45) is 3.73. The molecule has 0 radical (unpaired) electrons. The molecule has 0 saturated carbocycles. The lowest BCUT2D eigenvalue weighted by atomic mass is 10.1. The van der Waals surface area contributed by atoms with Gasteiger partial charge in [0.2, 0.25) is 10.0 Å². The van der Waals surface area contributed by atoms with Gasteiger partial charge in [-0.1, -0.05) is 54.2 Å². The van der Waals surface area contributed by atoms with E-state index in [0.717, 1.165) is 33.6 Å². The molecular formula is C20H23N3O3S2. The van der Waals surface area contributed by atoms with Crippen LogP contribution in [-0.2, 0) is 10.0 Å². The summed E-state index contributed by atoms with van der Waals surface area (Å²) in [7, 11) is -1.50. The third-order valence-electron chi connectivity index (χ3n) is 4.04. The molecule has 28 heavy (non-hydrogen) atoms. The molecule has 3 rings (SSSR count). The molecule has 6 nitrogen and oxygen atoms in total. The first-order valence-corrected chi connectivity index (χ1v) is 11.7. The summed E-state index contributed by atoms with van der Waals surface area (Å²) in [5, 5.41) is 0.836. The van der Waals surface area contributed by atoms with Crippen molar-refractivity contribution in [3.63, 3.8) is 0 Å². The van der Waals surface area contributed by atoms with Crippen LogP contribution in [0.2, 0.25) is 0 Å². The number of nitrogens with one attached hydrogen (secondary N) is 1. The van der Waals surface area contributed by atoms with Crippen molar-refractivity contribution in [1.29, 1.82) is 0 Å². The van der Waals surface area contributed by atoms with Gasteiger partial charge in [-0.25, -0.2) is 18.1 Å². The van der Waals surface area contributed by atoms with Crippen LogP contribution >= 0.6 is 11.8 Å². The number of rotatable bonds is 9. The fraction of sp³-hybridized carbons (Fsp3) is 0.250. The van der Waals surface area contributed by atoms with Crippen molar-refractivity contribution in [1.82, 2.24) is 14.3 Å². The first kappa shape index (κ1) is 20.4. The number of benzene rings is 2. The second kappa shape index (κ2) is 9.27. The molecule has 0 spiro atoms. The second-order valence-electron chi connectivity index (χ2n) is 6.17. The fourth-order valence-electron chi connectivity index (χ4n) is 2.79. The molecule has 0 aliphatic carbocycles. The largest absolute Gasteiger partial charge is 0.495 e. The normalized spacial score (nSPS) is 11.5. The van der Waals surface area contributed by atoms with Crippen LogP contribution in [0.5, 0.6) is 5.75 Å². The van der Waals surface area contributed by atoms with Gasteiger partial charge < -0.3 is 4.74 Å². The highest BCUT2D eigenvalue weighted by Crippen LogP contribution is 2.33. The zero-order chi connectivity index (χ0) is 20.0. The molecule has 0 saturated heterocycles. The summed E-state index contributed by atoms with van der Waals surface area (Å²) >= 11 is 1.59. The number of nitrogens with zero attached hydrogens (tertiary/aromatic N) is 2. The molecule has 0 amide bonds. The quantitative estimate of drug-likeness (QED) is 0.426. The molecule has 3 aromatic rings. The fourth-order valence-corrected chi connectivity index (χ4v) is 4.23. The minimum Gasteiger partial charge on any atom is -0.495 e. The van der Waals surface area contributed by atoms with Crippen molar-refractivity contribution in [2.75, 3.05) is 25.7 Å². The summed E-state index contributed by atoms with van der Waals surface area (Å²) < 4.78 is 32.5. The van der Waals surface area contributed by atoms with Crippen LogP contribution in [0.4, 0.5) is 0 Å². The Hall–Kier alpha value is -2.29. The van der Waals surface area contributed by atoms with Crippen molar-refractivity contribution in [3.8, 4) is 22.7 Å². The summed E-state index contributed by atoms with van der Waals surface area (Å²) in [5.41, 5.74) is 2.95. The van der Waals surface area contributed by atoms with Crippen LogP contribution in [0.25, 0.3) is 16.9 Å². The maximum Gasteiger partial charge on any atom is 0.208 e. The lowest BCUT2D eigenvalue weighted by molar-refractivity contribution is 0.412. The van der Waals surface area contributed by atoms with Gasteiger partial charge in [-0.3, -0.25) is 4.57 Å². The van der Waals surface area contributed by atoms with E-state index < -0.39 is 10.0 Å². The van der Waals surface area contributed by atoms with Gasteiger partial charge in [0.15, 0.2) is 5.16 Å². The minimum absolute atomic E-state index is 0.409. The third kappa shape index (κ3) is 5.15. The Morgan fingerprint density at radius 1 is 1.11 bits per heavy atom. The molecule has 0 aliphatic heterocycles. The maximum atomic E-state index is 11.2. The van der Waals surface area contributed by atoms with Crippen molar-refractivity contribution < 1.29 is 13.2 Å². The Labute approximate surface area is 170 Å². The van der Waals surface area contributed by atoms with Gasteiger partial charge in [0.05, 0.1) is 30.9 Å². The smallest absolute Gasteiger partial charge is 0.208 e.